The van der Waals surface area contributed by atoms with Gasteiger partial charge in [-0.05, 0) is 43.9 Å². The molecule has 1 aliphatic rings. The number of nitrogens with zero attached hydrogens (tertiary/aromatic N) is 2. The maximum Gasteiger partial charge on any atom is 0.146 e. The Morgan fingerprint density at radius 1 is 1.33 bits per heavy atom. The van der Waals surface area contributed by atoms with Crippen LogP contribution in [0.5, 0.6) is 0 Å². The maximum absolute atomic E-state index is 13.8. The van der Waals surface area contributed by atoms with Crippen molar-refractivity contribution in [3.8, 4) is 6.07 Å². The van der Waals surface area contributed by atoms with Crippen LogP contribution in [0.25, 0.3) is 0 Å². The Hall–Kier alpha value is -1.27. The third-order valence-corrected chi connectivity index (χ3v) is 3.95. The summed E-state index contributed by atoms with van der Waals surface area (Å²) >= 11 is 5.91. The molecule has 0 heterocycles. The number of hydrogen-bond donors (Lipinski definition) is 0. The molecule has 1 saturated carbocycles. The summed E-state index contributed by atoms with van der Waals surface area (Å²) in [6, 6.07) is 7.22. The highest BCUT2D eigenvalue weighted by Gasteiger charge is 2.25. The molecule has 0 saturated heterocycles. The van der Waals surface area contributed by atoms with Crippen molar-refractivity contribution in [2.45, 2.75) is 31.7 Å². The van der Waals surface area contributed by atoms with Crippen molar-refractivity contribution in [2.24, 2.45) is 5.92 Å². The van der Waals surface area contributed by atoms with E-state index < -0.39 is 0 Å². The van der Waals surface area contributed by atoms with Crippen molar-refractivity contribution in [1.82, 2.24) is 0 Å². The van der Waals surface area contributed by atoms with Gasteiger partial charge >= 0.3 is 0 Å². The molecule has 18 heavy (non-hydrogen) atoms. The minimum Gasteiger partial charge on any atom is -0.369 e. The molecule has 4 heteroatoms. The molecule has 2 nitrogen and oxygen atoms in total. The van der Waals surface area contributed by atoms with E-state index in [9.17, 15) is 4.39 Å². The Labute approximate surface area is 112 Å². The zero-order valence-corrected chi connectivity index (χ0v) is 11.1. The lowest BCUT2D eigenvalue weighted by molar-refractivity contribution is 0.370. The number of anilines is 1. The average Bonchev–Trinajstić information content (AvgIpc) is 2.41. The van der Waals surface area contributed by atoms with Gasteiger partial charge in [0.2, 0.25) is 0 Å². The van der Waals surface area contributed by atoms with Crippen LogP contribution in [0.15, 0.2) is 18.2 Å². The van der Waals surface area contributed by atoms with E-state index in [-0.39, 0.29) is 11.7 Å². The molecule has 1 aromatic carbocycles. The molecule has 0 atom stereocenters. The van der Waals surface area contributed by atoms with E-state index in [1.165, 1.54) is 6.07 Å². The first-order chi connectivity index (χ1) is 8.61. The van der Waals surface area contributed by atoms with Gasteiger partial charge in [-0.1, -0.05) is 11.6 Å². The van der Waals surface area contributed by atoms with Gasteiger partial charge in [0.05, 0.1) is 11.8 Å². The van der Waals surface area contributed by atoms with E-state index in [2.05, 4.69) is 6.07 Å². The van der Waals surface area contributed by atoms with Gasteiger partial charge in [0, 0.05) is 24.0 Å². The Morgan fingerprint density at radius 3 is 2.61 bits per heavy atom. The Balaban J connectivity index is 2.10. The lowest BCUT2D eigenvalue weighted by Crippen LogP contribution is -2.35. The molecule has 0 aromatic heterocycles. The van der Waals surface area contributed by atoms with Crippen LogP contribution in [0.1, 0.15) is 25.7 Å². The SMILES string of the molecule is CN(c1cc(Cl)ccc1F)C1CCC(C#N)CC1. The summed E-state index contributed by atoms with van der Waals surface area (Å²) in [6.07, 6.45) is 3.66. The van der Waals surface area contributed by atoms with Gasteiger partial charge in [0.15, 0.2) is 0 Å². The van der Waals surface area contributed by atoms with E-state index in [0.717, 1.165) is 25.7 Å². The highest BCUT2D eigenvalue weighted by Crippen LogP contribution is 2.31. The first-order valence-electron chi connectivity index (χ1n) is 6.19. The second-order valence-electron chi connectivity index (χ2n) is 4.84. The monoisotopic (exact) mass is 266 g/mol. The van der Waals surface area contributed by atoms with Crippen LogP contribution in [0.2, 0.25) is 5.02 Å². The number of nitriles is 1. The van der Waals surface area contributed by atoms with Gasteiger partial charge in [0.1, 0.15) is 5.82 Å². The molecule has 0 N–H and O–H groups in total. The molecule has 0 spiro atoms. The summed E-state index contributed by atoms with van der Waals surface area (Å²) in [6.45, 7) is 0. The van der Waals surface area contributed by atoms with E-state index in [1.54, 1.807) is 12.1 Å². The van der Waals surface area contributed by atoms with Crippen molar-refractivity contribution in [1.29, 1.82) is 5.26 Å². The minimum atomic E-state index is -0.246. The third kappa shape index (κ3) is 2.76. The van der Waals surface area contributed by atoms with E-state index in [0.29, 0.717) is 16.8 Å². The summed E-state index contributed by atoms with van der Waals surface area (Å²) in [4.78, 5) is 1.95. The van der Waals surface area contributed by atoms with Crippen LogP contribution in [0, 0.1) is 23.1 Å². The van der Waals surface area contributed by atoms with Gasteiger partial charge in [-0.15, -0.1) is 0 Å². The molecule has 0 aliphatic heterocycles. The highest BCUT2D eigenvalue weighted by molar-refractivity contribution is 6.30. The second kappa shape index (κ2) is 5.58. The third-order valence-electron chi connectivity index (χ3n) is 3.72. The van der Waals surface area contributed by atoms with Crippen LogP contribution in [-0.2, 0) is 0 Å². The molecular formula is C14H16ClFN2. The van der Waals surface area contributed by atoms with E-state index in [4.69, 9.17) is 16.9 Å². The van der Waals surface area contributed by atoms with Crippen molar-refractivity contribution in [2.75, 3.05) is 11.9 Å². The van der Waals surface area contributed by atoms with Gasteiger partial charge in [-0.25, -0.2) is 4.39 Å². The second-order valence-corrected chi connectivity index (χ2v) is 5.28. The molecule has 0 radical (unpaired) electrons. The molecular weight excluding hydrogens is 251 g/mol. The zero-order chi connectivity index (χ0) is 13.1. The summed E-state index contributed by atoms with van der Waals surface area (Å²) in [7, 11) is 1.89. The fraction of sp³-hybridized carbons (Fsp3) is 0.500. The number of rotatable bonds is 2. The standard InChI is InChI=1S/C14H16ClFN2/c1-18(12-5-2-10(9-17)3-6-12)14-8-11(15)4-7-13(14)16/h4,7-8,10,12H,2-3,5-6H2,1H3. The largest absolute Gasteiger partial charge is 0.369 e. The molecule has 1 aromatic rings. The summed E-state index contributed by atoms with van der Waals surface area (Å²) in [5.41, 5.74) is 0.544. The fourth-order valence-electron chi connectivity index (χ4n) is 2.55. The van der Waals surface area contributed by atoms with Crippen molar-refractivity contribution < 1.29 is 4.39 Å². The zero-order valence-electron chi connectivity index (χ0n) is 10.4. The van der Waals surface area contributed by atoms with Gasteiger partial charge in [-0.3, -0.25) is 0 Å². The fourth-order valence-corrected chi connectivity index (χ4v) is 2.71. The molecule has 2 rings (SSSR count). The molecule has 96 valence electrons. The van der Waals surface area contributed by atoms with Crippen LogP contribution < -0.4 is 4.90 Å². The van der Waals surface area contributed by atoms with Crippen LogP contribution in [0.3, 0.4) is 0 Å². The number of benzene rings is 1. The lowest BCUT2D eigenvalue weighted by atomic mass is 9.86. The van der Waals surface area contributed by atoms with E-state index >= 15 is 0 Å². The van der Waals surface area contributed by atoms with Gasteiger partial charge < -0.3 is 4.90 Å². The Kier molecular flexibility index (Phi) is 4.08. The van der Waals surface area contributed by atoms with Crippen molar-refractivity contribution in [3.05, 3.63) is 29.0 Å². The minimum absolute atomic E-state index is 0.166. The smallest absolute Gasteiger partial charge is 0.146 e. The first kappa shape index (κ1) is 13.2. The number of hydrogen-bond acceptors (Lipinski definition) is 2. The Morgan fingerprint density at radius 2 is 2.00 bits per heavy atom. The highest BCUT2D eigenvalue weighted by atomic mass is 35.5. The quantitative estimate of drug-likeness (QED) is 0.809. The summed E-state index contributed by atoms with van der Waals surface area (Å²) in [5.74, 6) is -0.0804. The van der Waals surface area contributed by atoms with Crippen LogP contribution >= 0.6 is 11.6 Å². The molecule has 1 fully saturated rings. The van der Waals surface area contributed by atoms with Gasteiger partial charge in [-0.2, -0.15) is 5.26 Å². The van der Waals surface area contributed by atoms with Crippen molar-refractivity contribution in [3.63, 3.8) is 0 Å². The predicted octanol–water partition coefficient (Wildman–Crippen LogP) is 4.00. The number of halogens is 2. The predicted molar refractivity (Wildman–Crippen MR) is 71.2 cm³/mol. The maximum atomic E-state index is 13.8. The topological polar surface area (TPSA) is 27.0 Å². The molecule has 1 aliphatic carbocycles. The molecule has 0 amide bonds. The normalized spacial score (nSPS) is 23.4. The van der Waals surface area contributed by atoms with E-state index in [1.807, 2.05) is 11.9 Å². The summed E-state index contributed by atoms with van der Waals surface area (Å²) in [5, 5.41) is 9.42. The lowest BCUT2D eigenvalue weighted by Gasteiger charge is -2.34. The van der Waals surface area contributed by atoms with Crippen molar-refractivity contribution >= 4 is 17.3 Å². The molecule has 0 unspecified atom stereocenters. The average molecular weight is 267 g/mol. The summed E-state index contributed by atoms with van der Waals surface area (Å²) < 4.78 is 13.8. The van der Waals surface area contributed by atoms with Crippen LogP contribution in [-0.4, -0.2) is 13.1 Å². The first-order valence-corrected chi connectivity index (χ1v) is 6.57. The Bertz CT molecular complexity index is 461. The van der Waals surface area contributed by atoms with Gasteiger partial charge in [0.25, 0.3) is 0 Å². The van der Waals surface area contributed by atoms with Crippen LogP contribution in [0.4, 0.5) is 10.1 Å². The molecule has 0 bridgehead atoms.